The molecule has 0 aliphatic rings. The van der Waals surface area contributed by atoms with Crippen LogP contribution in [0.1, 0.15) is 34.1 Å². The molecule has 0 aromatic rings. The number of hydrogen-bond donors (Lipinski definition) is 0. The fourth-order valence-electron chi connectivity index (χ4n) is 0.809. The lowest BCUT2D eigenvalue weighted by Crippen LogP contribution is -2.00. The second kappa shape index (κ2) is 6.46. The molecule has 0 atom stereocenters. The summed E-state index contributed by atoms with van der Waals surface area (Å²) in [6, 6.07) is 0. The fraction of sp³-hybridized carbons (Fsp3) is 0.545. The van der Waals surface area contributed by atoms with Gasteiger partial charge in [-0.25, -0.2) is 4.79 Å². The van der Waals surface area contributed by atoms with E-state index in [2.05, 4.69) is 6.08 Å². The summed E-state index contributed by atoms with van der Waals surface area (Å²) in [5, 5.41) is 0. The molecule has 0 fully saturated rings. The molecule has 0 aromatic heterocycles. The maximum atomic E-state index is 11.0. The molecule has 0 amide bonds. The van der Waals surface area contributed by atoms with Crippen molar-refractivity contribution in [2.75, 3.05) is 6.61 Å². The molecule has 0 radical (unpaired) electrons. The maximum Gasteiger partial charge on any atom is 0.330 e. The molecule has 0 spiro atoms. The predicted octanol–water partition coefficient (Wildman–Crippen LogP) is 2.85. The Kier molecular flexibility index (Phi) is 5.94. The molecule has 0 heterocycles. The van der Waals surface area contributed by atoms with E-state index in [1.807, 2.05) is 20.8 Å². The Labute approximate surface area is 80.3 Å². The Morgan fingerprint density at radius 3 is 2.38 bits per heavy atom. The maximum absolute atomic E-state index is 11.0. The molecule has 0 N–H and O–H groups in total. The second-order valence-corrected chi connectivity index (χ2v) is 3.23. The van der Waals surface area contributed by atoms with Gasteiger partial charge in [0.05, 0.1) is 6.61 Å². The molecule has 0 saturated carbocycles. The van der Waals surface area contributed by atoms with Crippen LogP contribution in [0.5, 0.6) is 0 Å². The first-order chi connectivity index (χ1) is 6.06. The third-order valence-electron chi connectivity index (χ3n) is 1.48. The van der Waals surface area contributed by atoms with E-state index >= 15 is 0 Å². The van der Waals surface area contributed by atoms with Crippen molar-refractivity contribution in [2.24, 2.45) is 0 Å². The van der Waals surface area contributed by atoms with E-state index in [1.165, 1.54) is 5.57 Å². The first-order valence-corrected chi connectivity index (χ1v) is 4.53. The summed E-state index contributed by atoms with van der Waals surface area (Å²) < 4.78 is 4.78. The Morgan fingerprint density at radius 2 is 1.92 bits per heavy atom. The molecular weight excluding hydrogens is 164 g/mol. The van der Waals surface area contributed by atoms with Crippen LogP contribution in [0.4, 0.5) is 0 Å². The number of carbonyl (C=O) groups excluding carboxylic acids is 1. The highest BCUT2D eigenvalue weighted by atomic mass is 16.5. The SMILES string of the molecule is CCOC(=O)/C=C(\C)CC=C(C)C. The zero-order valence-electron chi connectivity index (χ0n) is 8.89. The monoisotopic (exact) mass is 182 g/mol. The molecular formula is C11H18O2. The van der Waals surface area contributed by atoms with Crippen LogP contribution in [-0.2, 0) is 9.53 Å². The van der Waals surface area contributed by atoms with Gasteiger partial charge >= 0.3 is 5.97 Å². The van der Waals surface area contributed by atoms with E-state index in [-0.39, 0.29) is 5.97 Å². The topological polar surface area (TPSA) is 26.3 Å². The zero-order valence-corrected chi connectivity index (χ0v) is 8.89. The largest absolute Gasteiger partial charge is 0.463 e. The quantitative estimate of drug-likeness (QED) is 0.379. The minimum atomic E-state index is -0.248. The average Bonchev–Trinajstić information content (AvgIpc) is 2.01. The Bertz CT molecular complexity index is 220. The lowest BCUT2D eigenvalue weighted by atomic mass is 10.1. The molecule has 2 nitrogen and oxygen atoms in total. The van der Waals surface area contributed by atoms with Gasteiger partial charge in [0, 0.05) is 6.08 Å². The third kappa shape index (κ3) is 7.32. The van der Waals surface area contributed by atoms with Gasteiger partial charge in [-0.3, -0.25) is 0 Å². The highest BCUT2D eigenvalue weighted by molar-refractivity contribution is 5.82. The van der Waals surface area contributed by atoms with Crippen LogP contribution in [0, 0.1) is 0 Å². The highest BCUT2D eigenvalue weighted by Crippen LogP contribution is 2.04. The molecule has 0 unspecified atom stereocenters. The lowest BCUT2D eigenvalue weighted by Gasteiger charge is -1.98. The number of ether oxygens (including phenoxy) is 1. The van der Waals surface area contributed by atoms with Gasteiger partial charge in [0.2, 0.25) is 0 Å². The van der Waals surface area contributed by atoms with E-state index in [1.54, 1.807) is 13.0 Å². The average molecular weight is 182 g/mol. The van der Waals surface area contributed by atoms with Crippen LogP contribution in [0.15, 0.2) is 23.3 Å². The molecule has 0 aromatic carbocycles. The van der Waals surface area contributed by atoms with E-state index in [0.717, 1.165) is 12.0 Å². The van der Waals surface area contributed by atoms with E-state index in [4.69, 9.17) is 4.74 Å². The van der Waals surface area contributed by atoms with Crippen LogP contribution < -0.4 is 0 Å². The summed E-state index contributed by atoms with van der Waals surface area (Å²) in [5.41, 5.74) is 2.29. The number of rotatable bonds is 4. The van der Waals surface area contributed by atoms with Gasteiger partial charge < -0.3 is 4.74 Å². The Morgan fingerprint density at radius 1 is 1.31 bits per heavy atom. The second-order valence-electron chi connectivity index (χ2n) is 3.23. The van der Waals surface area contributed by atoms with Gasteiger partial charge in [0.15, 0.2) is 0 Å². The molecule has 0 aliphatic carbocycles. The molecule has 0 bridgehead atoms. The van der Waals surface area contributed by atoms with Crippen LogP contribution >= 0.6 is 0 Å². The zero-order chi connectivity index (χ0) is 10.3. The van der Waals surface area contributed by atoms with Gasteiger partial charge in [0.1, 0.15) is 0 Å². The van der Waals surface area contributed by atoms with Crippen molar-refractivity contribution in [3.63, 3.8) is 0 Å². The van der Waals surface area contributed by atoms with Crippen molar-refractivity contribution in [3.05, 3.63) is 23.3 Å². The fourth-order valence-corrected chi connectivity index (χ4v) is 0.809. The van der Waals surface area contributed by atoms with Gasteiger partial charge in [-0.05, 0) is 34.1 Å². The summed E-state index contributed by atoms with van der Waals surface area (Å²) in [4.78, 5) is 11.0. The first-order valence-electron chi connectivity index (χ1n) is 4.53. The smallest absolute Gasteiger partial charge is 0.330 e. The van der Waals surface area contributed by atoms with Gasteiger partial charge in [-0.15, -0.1) is 0 Å². The van der Waals surface area contributed by atoms with Crippen molar-refractivity contribution in [2.45, 2.75) is 34.1 Å². The van der Waals surface area contributed by atoms with Gasteiger partial charge in [0.25, 0.3) is 0 Å². The first kappa shape index (κ1) is 11.9. The summed E-state index contributed by atoms with van der Waals surface area (Å²) in [7, 11) is 0. The molecule has 0 saturated heterocycles. The summed E-state index contributed by atoms with van der Waals surface area (Å²) in [5.74, 6) is -0.248. The number of allylic oxidation sites excluding steroid dienone is 3. The van der Waals surface area contributed by atoms with Gasteiger partial charge in [-0.1, -0.05) is 17.2 Å². The molecule has 0 aliphatic heterocycles. The molecule has 0 rings (SSSR count). The van der Waals surface area contributed by atoms with Crippen molar-refractivity contribution in [3.8, 4) is 0 Å². The van der Waals surface area contributed by atoms with Crippen molar-refractivity contribution in [1.82, 2.24) is 0 Å². The minimum absolute atomic E-state index is 0.248. The van der Waals surface area contributed by atoms with Crippen LogP contribution in [0.2, 0.25) is 0 Å². The van der Waals surface area contributed by atoms with E-state index in [9.17, 15) is 4.79 Å². The molecule has 13 heavy (non-hydrogen) atoms. The third-order valence-corrected chi connectivity index (χ3v) is 1.48. The molecule has 2 heteroatoms. The Balaban J connectivity index is 4.01. The highest BCUT2D eigenvalue weighted by Gasteiger charge is 1.96. The van der Waals surface area contributed by atoms with Crippen molar-refractivity contribution in [1.29, 1.82) is 0 Å². The van der Waals surface area contributed by atoms with Crippen molar-refractivity contribution < 1.29 is 9.53 Å². The van der Waals surface area contributed by atoms with Crippen LogP contribution in [0.25, 0.3) is 0 Å². The Hall–Kier alpha value is -1.05. The van der Waals surface area contributed by atoms with E-state index < -0.39 is 0 Å². The normalized spacial score (nSPS) is 10.9. The summed E-state index contributed by atoms with van der Waals surface area (Å²) >= 11 is 0. The minimum Gasteiger partial charge on any atom is -0.463 e. The molecule has 74 valence electrons. The number of esters is 1. The van der Waals surface area contributed by atoms with Crippen LogP contribution in [-0.4, -0.2) is 12.6 Å². The van der Waals surface area contributed by atoms with Crippen molar-refractivity contribution >= 4 is 5.97 Å². The van der Waals surface area contributed by atoms with E-state index in [0.29, 0.717) is 6.61 Å². The number of hydrogen-bond acceptors (Lipinski definition) is 2. The number of carbonyl (C=O) groups is 1. The van der Waals surface area contributed by atoms with Gasteiger partial charge in [-0.2, -0.15) is 0 Å². The summed E-state index contributed by atoms with van der Waals surface area (Å²) in [6.45, 7) is 8.24. The lowest BCUT2D eigenvalue weighted by molar-refractivity contribution is -0.137. The standard InChI is InChI=1S/C11H18O2/c1-5-13-11(12)8-10(4)7-6-9(2)3/h6,8H,5,7H2,1-4H3/b10-8+. The van der Waals surface area contributed by atoms with Crippen LogP contribution in [0.3, 0.4) is 0 Å². The predicted molar refractivity (Wildman–Crippen MR) is 54.4 cm³/mol. The summed E-state index contributed by atoms with van der Waals surface area (Å²) in [6.07, 6.45) is 4.45.